The van der Waals surface area contributed by atoms with E-state index in [1.54, 1.807) is 23.0 Å². The largest absolute Gasteiger partial charge is 0.268 e. The standard InChI is InChI=1S/C20H14BrN3OS/c21-15-9-7-14(8-10-15)13-26-20-23-18-6-2-1-5-17(18)19(25)24(20)16-4-3-11-22-12-16/h1-12H,13H2. The summed E-state index contributed by atoms with van der Waals surface area (Å²) in [7, 11) is 0. The van der Waals surface area contributed by atoms with Gasteiger partial charge in [-0.2, -0.15) is 0 Å². The van der Waals surface area contributed by atoms with Gasteiger partial charge in [-0.05, 0) is 42.0 Å². The first-order chi connectivity index (χ1) is 12.7. The summed E-state index contributed by atoms with van der Waals surface area (Å²) in [5, 5.41) is 1.26. The number of benzene rings is 2. The van der Waals surface area contributed by atoms with E-state index in [-0.39, 0.29) is 5.56 Å². The molecule has 4 nitrogen and oxygen atoms in total. The van der Waals surface area contributed by atoms with Crippen molar-refractivity contribution in [2.24, 2.45) is 0 Å². The van der Waals surface area contributed by atoms with E-state index in [9.17, 15) is 4.79 Å². The van der Waals surface area contributed by atoms with Gasteiger partial charge in [0.15, 0.2) is 5.16 Å². The van der Waals surface area contributed by atoms with Crippen molar-refractivity contribution in [2.75, 3.05) is 0 Å². The quantitative estimate of drug-likeness (QED) is 0.348. The van der Waals surface area contributed by atoms with E-state index in [4.69, 9.17) is 4.98 Å². The summed E-state index contributed by atoms with van der Waals surface area (Å²) in [6.07, 6.45) is 3.37. The lowest BCUT2D eigenvalue weighted by Gasteiger charge is -2.13. The van der Waals surface area contributed by atoms with Gasteiger partial charge in [-0.25, -0.2) is 4.98 Å². The monoisotopic (exact) mass is 423 g/mol. The van der Waals surface area contributed by atoms with Crippen LogP contribution >= 0.6 is 27.7 Å². The molecule has 0 atom stereocenters. The predicted octanol–water partition coefficient (Wildman–Crippen LogP) is 4.84. The van der Waals surface area contributed by atoms with Gasteiger partial charge < -0.3 is 0 Å². The van der Waals surface area contributed by atoms with Crippen molar-refractivity contribution in [1.29, 1.82) is 0 Å². The Kier molecular flexibility index (Phi) is 4.86. The van der Waals surface area contributed by atoms with Crippen molar-refractivity contribution >= 4 is 38.6 Å². The van der Waals surface area contributed by atoms with Crippen LogP contribution < -0.4 is 5.56 Å². The number of pyridine rings is 1. The van der Waals surface area contributed by atoms with E-state index in [2.05, 4.69) is 33.0 Å². The number of halogens is 1. The second-order valence-electron chi connectivity index (χ2n) is 5.68. The highest BCUT2D eigenvalue weighted by molar-refractivity contribution is 9.10. The van der Waals surface area contributed by atoms with Crippen molar-refractivity contribution < 1.29 is 0 Å². The predicted molar refractivity (Wildman–Crippen MR) is 109 cm³/mol. The number of rotatable bonds is 4. The third-order valence-electron chi connectivity index (χ3n) is 3.93. The van der Waals surface area contributed by atoms with E-state index in [1.807, 2.05) is 42.5 Å². The molecule has 6 heteroatoms. The molecule has 0 unspecified atom stereocenters. The maximum Gasteiger partial charge on any atom is 0.266 e. The fourth-order valence-corrected chi connectivity index (χ4v) is 3.88. The van der Waals surface area contributed by atoms with Crippen LogP contribution in [0.2, 0.25) is 0 Å². The Morgan fingerprint density at radius 1 is 1.00 bits per heavy atom. The van der Waals surface area contributed by atoms with Crippen LogP contribution in [0.3, 0.4) is 0 Å². The molecule has 0 radical (unpaired) electrons. The molecule has 0 N–H and O–H groups in total. The zero-order valence-corrected chi connectivity index (χ0v) is 16.1. The fourth-order valence-electron chi connectivity index (χ4n) is 2.65. The van der Waals surface area contributed by atoms with Crippen LogP contribution in [0.5, 0.6) is 0 Å². The second kappa shape index (κ2) is 7.43. The summed E-state index contributed by atoms with van der Waals surface area (Å²) in [5.41, 5.74) is 2.50. The van der Waals surface area contributed by atoms with Crippen molar-refractivity contribution in [3.63, 3.8) is 0 Å². The van der Waals surface area contributed by atoms with Crippen LogP contribution in [0.4, 0.5) is 0 Å². The van der Waals surface area contributed by atoms with Crippen LogP contribution in [0.15, 0.2) is 87.5 Å². The molecule has 2 aromatic heterocycles. The average molecular weight is 424 g/mol. The van der Waals surface area contributed by atoms with Crippen molar-refractivity contribution in [3.05, 3.63) is 93.4 Å². The van der Waals surface area contributed by atoms with Gasteiger partial charge in [0.25, 0.3) is 5.56 Å². The van der Waals surface area contributed by atoms with Gasteiger partial charge >= 0.3 is 0 Å². The summed E-state index contributed by atoms with van der Waals surface area (Å²) in [6, 6.07) is 19.3. The normalized spacial score (nSPS) is 11.0. The number of thioether (sulfide) groups is 1. The zero-order chi connectivity index (χ0) is 17.9. The number of para-hydroxylation sites is 1. The first kappa shape index (κ1) is 17.0. The van der Waals surface area contributed by atoms with E-state index in [0.29, 0.717) is 21.7 Å². The van der Waals surface area contributed by atoms with E-state index >= 15 is 0 Å². The van der Waals surface area contributed by atoms with Gasteiger partial charge in [0, 0.05) is 16.4 Å². The van der Waals surface area contributed by atoms with E-state index in [1.165, 1.54) is 17.3 Å². The van der Waals surface area contributed by atoms with Crippen molar-refractivity contribution in [2.45, 2.75) is 10.9 Å². The molecule has 4 aromatic rings. The van der Waals surface area contributed by atoms with Crippen LogP contribution in [-0.4, -0.2) is 14.5 Å². The van der Waals surface area contributed by atoms with Crippen molar-refractivity contribution in [3.8, 4) is 5.69 Å². The molecule has 0 saturated carbocycles. The summed E-state index contributed by atoms with van der Waals surface area (Å²) in [6.45, 7) is 0. The molecule has 0 aliphatic rings. The molecule has 0 saturated heterocycles. The molecule has 0 spiro atoms. The van der Waals surface area contributed by atoms with E-state index < -0.39 is 0 Å². The third kappa shape index (κ3) is 3.43. The molecule has 26 heavy (non-hydrogen) atoms. The topological polar surface area (TPSA) is 47.8 Å². The molecule has 4 rings (SSSR count). The first-order valence-corrected chi connectivity index (χ1v) is 9.80. The highest BCUT2D eigenvalue weighted by Gasteiger charge is 2.13. The van der Waals surface area contributed by atoms with Gasteiger partial charge in [0.1, 0.15) is 0 Å². The fraction of sp³-hybridized carbons (Fsp3) is 0.0500. The molecule has 0 amide bonds. The minimum absolute atomic E-state index is 0.0816. The Labute approximate surface area is 163 Å². The molecule has 0 fully saturated rings. The highest BCUT2D eigenvalue weighted by atomic mass is 79.9. The van der Waals surface area contributed by atoms with Crippen LogP contribution in [0, 0.1) is 0 Å². The Balaban J connectivity index is 1.81. The smallest absolute Gasteiger partial charge is 0.266 e. The SMILES string of the molecule is O=c1c2ccccc2nc(SCc2ccc(Br)cc2)n1-c1cccnc1. The summed E-state index contributed by atoms with van der Waals surface area (Å²) >= 11 is 4.99. The van der Waals surface area contributed by atoms with Gasteiger partial charge in [-0.1, -0.05) is 52.0 Å². The number of nitrogens with zero attached hydrogens (tertiary/aromatic N) is 3. The molecule has 0 bridgehead atoms. The van der Waals surface area contributed by atoms with Crippen molar-refractivity contribution in [1.82, 2.24) is 14.5 Å². The number of hydrogen-bond acceptors (Lipinski definition) is 4. The maximum absolute atomic E-state index is 13.1. The van der Waals surface area contributed by atoms with Gasteiger partial charge in [0.05, 0.1) is 22.8 Å². The Morgan fingerprint density at radius 2 is 1.81 bits per heavy atom. The Morgan fingerprint density at radius 3 is 2.58 bits per heavy atom. The first-order valence-electron chi connectivity index (χ1n) is 8.02. The van der Waals surface area contributed by atoms with Crippen LogP contribution in [0.1, 0.15) is 5.56 Å². The summed E-state index contributed by atoms with van der Waals surface area (Å²) in [5.74, 6) is 0.721. The molecule has 2 aromatic carbocycles. The Bertz CT molecular complexity index is 1110. The minimum atomic E-state index is -0.0816. The lowest BCUT2D eigenvalue weighted by atomic mass is 10.2. The second-order valence-corrected chi connectivity index (χ2v) is 7.54. The number of fused-ring (bicyclic) bond motifs is 1. The summed E-state index contributed by atoms with van der Waals surface area (Å²) in [4.78, 5) is 22.0. The molecule has 128 valence electrons. The van der Waals surface area contributed by atoms with Gasteiger partial charge in [0.2, 0.25) is 0 Å². The zero-order valence-electron chi connectivity index (χ0n) is 13.7. The average Bonchev–Trinajstić information content (AvgIpc) is 2.68. The van der Waals surface area contributed by atoms with E-state index in [0.717, 1.165) is 10.2 Å². The lowest BCUT2D eigenvalue weighted by Crippen LogP contribution is -2.21. The lowest BCUT2D eigenvalue weighted by molar-refractivity contribution is 0.815. The third-order valence-corrected chi connectivity index (χ3v) is 5.47. The molecule has 0 aliphatic heterocycles. The van der Waals surface area contributed by atoms with Gasteiger partial charge in [-0.3, -0.25) is 14.3 Å². The van der Waals surface area contributed by atoms with Gasteiger partial charge in [-0.15, -0.1) is 0 Å². The molecular weight excluding hydrogens is 410 g/mol. The highest BCUT2D eigenvalue weighted by Crippen LogP contribution is 2.25. The minimum Gasteiger partial charge on any atom is -0.268 e. The Hall–Kier alpha value is -2.44. The number of aromatic nitrogens is 3. The number of hydrogen-bond donors (Lipinski definition) is 0. The molecule has 2 heterocycles. The maximum atomic E-state index is 13.1. The van der Waals surface area contributed by atoms with Crippen LogP contribution in [-0.2, 0) is 5.75 Å². The van der Waals surface area contributed by atoms with Crippen LogP contribution in [0.25, 0.3) is 16.6 Å². The molecule has 0 aliphatic carbocycles. The molecular formula is C20H14BrN3OS. The summed E-state index contributed by atoms with van der Waals surface area (Å²) < 4.78 is 2.68.